The summed E-state index contributed by atoms with van der Waals surface area (Å²) in [5, 5.41) is 3.98. The van der Waals surface area contributed by atoms with Gasteiger partial charge in [-0.2, -0.15) is 5.10 Å². The lowest BCUT2D eigenvalue weighted by Gasteiger charge is -1.96. The van der Waals surface area contributed by atoms with E-state index in [-0.39, 0.29) is 5.56 Å². The van der Waals surface area contributed by atoms with Gasteiger partial charge in [-0.1, -0.05) is 0 Å². The van der Waals surface area contributed by atoms with Gasteiger partial charge in [-0.15, -0.1) is 0 Å². The average Bonchev–Trinajstić information content (AvgIpc) is 2.33. The number of nitrogen functional groups attached to an aromatic ring is 1. The summed E-state index contributed by atoms with van der Waals surface area (Å²) in [6, 6.07) is 1.47. The van der Waals surface area contributed by atoms with Crippen LogP contribution in [0.25, 0.3) is 5.65 Å². The number of aromatic amines is 1. The van der Waals surface area contributed by atoms with Crippen LogP contribution in [-0.2, 0) is 0 Å². The molecular formula is C7H8N4O. The summed E-state index contributed by atoms with van der Waals surface area (Å²) >= 11 is 0. The van der Waals surface area contributed by atoms with Crippen molar-refractivity contribution in [2.75, 3.05) is 5.73 Å². The lowest BCUT2D eigenvalue weighted by Crippen LogP contribution is -2.09. The van der Waals surface area contributed by atoms with Crippen LogP contribution >= 0.6 is 0 Å². The van der Waals surface area contributed by atoms with Crippen molar-refractivity contribution >= 4 is 11.3 Å². The predicted octanol–water partition coefficient (Wildman–Crippen LogP) is -0.0868. The number of nitrogens with zero attached hydrogens (tertiary/aromatic N) is 2. The van der Waals surface area contributed by atoms with E-state index in [9.17, 15) is 4.79 Å². The summed E-state index contributed by atoms with van der Waals surface area (Å²) in [4.78, 5) is 13.6. The number of aryl methyl sites for hydroxylation is 1. The Balaban J connectivity index is 3.02. The van der Waals surface area contributed by atoms with Crippen LogP contribution in [0.3, 0.4) is 0 Å². The van der Waals surface area contributed by atoms with E-state index in [2.05, 4.69) is 10.1 Å². The molecule has 2 aromatic heterocycles. The van der Waals surface area contributed by atoms with Crippen LogP contribution in [0, 0.1) is 6.92 Å². The largest absolute Gasteiger partial charge is 0.394 e. The van der Waals surface area contributed by atoms with E-state index >= 15 is 0 Å². The first-order valence-electron chi connectivity index (χ1n) is 3.51. The molecule has 62 valence electrons. The molecule has 0 bridgehead atoms. The van der Waals surface area contributed by atoms with E-state index in [1.165, 1.54) is 12.3 Å². The highest BCUT2D eigenvalue weighted by Crippen LogP contribution is 2.08. The second kappa shape index (κ2) is 2.10. The van der Waals surface area contributed by atoms with Crippen LogP contribution in [0.2, 0.25) is 0 Å². The first-order chi connectivity index (χ1) is 5.68. The van der Waals surface area contributed by atoms with Crippen molar-refractivity contribution in [3.8, 4) is 0 Å². The zero-order valence-electron chi connectivity index (χ0n) is 6.53. The molecule has 3 N–H and O–H groups in total. The predicted molar refractivity (Wildman–Crippen MR) is 45.0 cm³/mol. The van der Waals surface area contributed by atoms with Crippen molar-refractivity contribution in [2.45, 2.75) is 6.92 Å². The molecule has 2 heterocycles. The van der Waals surface area contributed by atoms with Gasteiger partial charge in [0.05, 0.1) is 11.9 Å². The van der Waals surface area contributed by atoms with Gasteiger partial charge in [-0.25, -0.2) is 4.52 Å². The fourth-order valence-electron chi connectivity index (χ4n) is 1.16. The van der Waals surface area contributed by atoms with Crippen molar-refractivity contribution in [1.29, 1.82) is 0 Å². The molecule has 0 radical (unpaired) electrons. The maximum Gasteiger partial charge on any atom is 0.251 e. The number of anilines is 1. The Morgan fingerprint density at radius 2 is 2.42 bits per heavy atom. The standard InChI is InChI=1S/C7H8N4O/c1-4-2-6(12)10-7-5(8)3-9-11(4)7/h2-3H,8H2,1H3,(H,10,12). The molecule has 0 aliphatic carbocycles. The fraction of sp³-hybridized carbons (Fsp3) is 0.143. The molecule has 0 atom stereocenters. The Labute approximate surface area is 67.8 Å². The number of hydrogen-bond donors (Lipinski definition) is 2. The summed E-state index contributed by atoms with van der Waals surface area (Å²) < 4.78 is 1.59. The van der Waals surface area contributed by atoms with E-state index < -0.39 is 0 Å². The number of H-pyrrole nitrogens is 1. The van der Waals surface area contributed by atoms with Crippen LogP contribution in [0.4, 0.5) is 5.69 Å². The van der Waals surface area contributed by atoms with Gasteiger partial charge >= 0.3 is 0 Å². The smallest absolute Gasteiger partial charge is 0.251 e. The molecular weight excluding hydrogens is 156 g/mol. The Morgan fingerprint density at radius 1 is 1.67 bits per heavy atom. The van der Waals surface area contributed by atoms with Gasteiger partial charge in [-0.3, -0.25) is 4.79 Å². The van der Waals surface area contributed by atoms with Crippen LogP contribution in [0.5, 0.6) is 0 Å². The quantitative estimate of drug-likeness (QED) is 0.571. The van der Waals surface area contributed by atoms with Crippen LogP contribution in [-0.4, -0.2) is 14.6 Å². The maximum absolute atomic E-state index is 11.0. The summed E-state index contributed by atoms with van der Waals surface area (Å²) in [6.07, 6.45) is 1.51. The Hall–Kier alpha value is -1.78. The second-order valence-corrected chi connectivity index (χ2v) is 2.64. The van der Waals surface area contributed by atoms with Gasteiger partial charge < -0.3 is 10.7 Å². The molecule has 2 rings (SSSR count). The highest BCUT2D eigenvalue weighted by Gasteiger charge is 2.02. The summed E-state index contributed by atoms with van der Waals surface area (Å²) in [7, 11) is 0. The Kier molecular flexibility index (Phi) is 1.21. The minimum absolute atomic E-state index is 0.160. The minimum Gasteiger partial charge on any atom is -0.394 e. The normalized spacial score (nSPS) is 10.8. The first kappa shape index (κ1) is 6.90. The van der Waals surface area contributed by atoms with E-state index in [1.54, 1.807) is 11.4 Å². The Bertz CT molecular complexity index is 482. The minimum atomic E-state index is -0.160. The lowest BCUT2D eigenvalue weighted by atomic mass is 10.4. The SMILES string of the molecule is Cc1cc(=O)[nH]c2c(N)cnn12. The third kappa shape index (κ3) is 0.795. The number of aromatic nitrogens is 3. The zero-order chi connectivity index (χ0) is 8.72. The van der Waals surface area contributed by atoms with E-state index in [1.807, 2.05) is 0 Å². The summed E-state index contributed by atoms with van der Waals surface area (Å²) in [5.74, 6) is 0. The lowest BCUT2D eigenvalue weighted by molar-refractivity contribution is 0.887. The molecule has 0 aliphatic rings. The molecule has 0 fully saturated rings. The number of fused-ring (bicyclic) bond motifs is 1. The highest BCUT2D eigenvalue weighted by molar-refractivity contribution is 5.63. The van der Waals surface area contributed by atoms with Crippen molar-refractivity contribution in [1.82, 2.24) is 14.6 Å². The summed E-state index contributed by atoms with van der Waals surface area (Å²) in [6.45, 7) is 1.80. The van der Waals surface area contributed by atoms with Gasteiger partial charge in [0.25, 0.3) is 5.56 Å². The average molecular weight is 164 g/mol. The molecule has 0 saturated carbocycles. The topological polar surface area (TPSA) is 76.2 Å². The summed E-state index contributed by atoms with van der Waals surface area (Å²) in [5.41, 5.74) is 7.21. The first-order valence-corrected chi connectivity index (χ1v) is 3.51. The van der Waals surface area contributed by atoms with Crippen molar-refractivity contribution in [3.63, 3.8) is 0 Å². The molecule has 5 heteroatoms. The molecule has 0 amide bonds. The van der Waals surface area contributed by atoms with Crippen molar-refractivity contribution < 1.29 is 0 Å². The monoisotopic (exact) mass is 164 g/mol. The number of nitrogens with one attached hydrogen (secondary N) is 1. The van der Waals surface area contributed by atoms with E-state index in [4.69, 9.17) is 5.73 Å². The van der Waals surface area contributed by atoms with Crippen LogP contribution in [0.1, 0.15) is 5.69 Å². The second-order valence-electron chi connectivity index (χ2n) is 2.64. The van der Waals surface area contributed by atoms with Gasteiger partial charge in [-0.05, 0) is 6.92 Å². The Morgan fingerprint density at radius 3 is 3.17 bits per heavy atom. The highest BCUT2D eigenvalue weighted by atomic mass is 16.1. The number of rotatable bonds is 0. The maximum atomic E-state index is 11.0. The van der Waals surface area contributed by atoms with Crippen LogP contribution < -0.4 is 11.3 Å². The van der Waals surface area contributed by atoms with Gasteiger partial charge in [0.15, 0.2) is 5.65 Å². The van der Waals surface area contributed by atoms with Crippen molar-refractivity contribution in [3.05, 3.63) is 28.3 Å². The zero-order valence-corrected chi connectivity index (χ0v) is 6.53. The van der Waals surface area contributed by atoms with Gasteiger partial charge in [0, 0.05) is 11.8 Å². The number of hydrogen-bond acceptors (Lipinski definition) is 3. The third-order valence-electron chi connectivity index (χ3n) is 1.71. The van der Waals surface area contributed by atoms with Gasteiger partial charge in [0.1, 0.15) is 0 Å². The number of nitrogens with two attached hydrogens (primary N) is 1. The molecule has 0 unspecified atom stereocenters. The molecule has 2 aromatic rings. The van der Waals surface area contributed by atoms with Gasteiger partial charge in [0.2, 0.25) is 0 Å². The van der Waals surface area contributed by atoms with Crippen LogP contribution in [0.15, 0.2) is 17.1 Å². The molecule has 5 nitrogen and oxygen atoms in total. The molecule has 0 aliphatic heterocycles. The molecule has 12 heavy (non-hydrogen) atoms. The molecule has 0 aromatic carbocycles. The molecule has 0 saturated heterocycles. The molecule has 0 spiro atoms. The van der Waals surface area contributed by atoms with E-state index in [0.717, 1.165) is 5.69 Å². The van der Waals surface area contributed by atoms with Crippen molar-refractivity contribution in [2.24, 2.45) is 0 Å². The van der Waals surface area contributed by atoms with E-state index in [0.29, 0.717) is 11.3 Å². The third-order valence-corrected chi connectivity index (χ3v) is 1.71. The fourth-order valence-corrected chi connectivity index (χ4v) is 1.16.